The first-order valence-corrected chi connectivity index (χ1v) is 7.29. The van der Waals surface area contributed by atoms with Crippen LogP contribution >= 0.6 is 0 Å². The second-order valence-electron chi connectivity index (χ2n) is 5.50. The third kappa shape index (κ3) is 3.80. The predicted octanol–water partition coefficient (Wildman–Crippen LogP) is 2.21. The first kappa shape index (κ1) is 14.1. The minimum atomic E-state index is -0.405. The van der Waals surface area contributed by atoms with E-state index in [1.807, 2.05) is 35.2 Å². The molecule has 0 radical (unpaired) electrons. The first-order chi connectivity index (χ1) is 9.20. The lowest BCUT2D eigenvalue weighted by Crippen LogP contribution is -2.48. The molecule has 1 amide bonds. The van der Waals surface area contributed by atoms with Crippen molar-refractivity contribution in [2.45, 2.75) is 38.6 Å². The van der Waals surface area contributed by atoms with Gasteiger partial charge in [0.25, 0.3) is 0 Å². The van der Waals surface area contributed by atoms with Gasteiger partial charge < -0.3 is 10.6 Å². The molecule has 19 heavy (non-hydrogen) atoms. The van der Waals surface area contributed by atoms with Gasteiger partial charge in [-0.3, -0.25) is 4.79 Å². The van der Waals surface area contributed by atoms with E-state index in [2.05, 4.69) is 6.92 Å². The average Bonchev–Trinajstić information content (AvgIpc) is 2.47. The third-order valence-corrected chi connectivity index (χ3v) is 4.02. The van der Waals surface area contributed by atoms with Crippen LogP contribution in [0, 0.1) is 5.92 Å². The van der Waals surface area contributed by atoms with Crippen molar-refractivity contribution >= 4 is 5.91 Å². The minimum absolute atomic E-state index is 0.113. The van der Waals surface area contributed by atoms with Crippen LogP contribution in [0.5, 0.6) is 0 Å². The fraction of sp³-hybridized carbons (Fsp3) is 0.562. The maximum absolute atomic E-state index is 12.4. The number of carbonyl (C=O) groups excluding carboxylic acids is 1. The smallest absolute Gasteiger partial charge is 0.239 e. The molecule has 1 saturated heterocycles. The highest BCUT2D eigenvalue weighted by molar-refractivity contribution is 5.82. The summed E-state index contributed by atoms with van der Waals surface area (Å²) in [5.74, 6) is 0.767. The molecule has 1 aliphatic heterocycles. The second-order valence-corrected chi connectivity index (χ2v) is 5.50. The molecule has 2 N–H and O–H groups in total. The Bertz CT molecular complexity index is 404. The van der Waals surface area contributed by atoms with E-state index in [1.54, 1.807) is 0 Å². The fourth-order valence-electron chi connectivity index (χ4n) is 2.79. The Morgan fingerprint density at radius 1 is 1.42 bits per heavy atom. The topological polar surface area (TPSA) is 46.3 Å². The summed E-state index contributed by atoms with van der Waals surface area (Å²) >= 11 is 0. The number of likely N-dealkylation sites (tertiary alicyclic amines) is 1. The van der Waals surface area contributed by atoms with Crippen molar-refractivity contribution in [3.05, 3.63) is 35.9 Å². The Hall–Kier alpha value is -1.35. The van der Waals surface area contributed by atoms with Crippen LogP contribution in [0.1, 0.15) is 31.7 Å². The lowest BCUT2D eigenvalue weighted by atomic mass is 9.94. The van der Waals surface area contributed by atoms with Crippen molar-refractivity contribution in [3.8, 4) is 0 Å². The quantitative estimate of drug-likeness (QED) is 0.902. The Balaban J connectivity index is 1.91. The number of benzene rings is 1. The monoisotopic (exact) mass is 260 g/mol. The van der Waals surface area contributed by atoms with Gasteiger partial charge in [0, 0.05) is 13.1 Å². The van der Waals surface area contributed by atoms with Gasteiger partial charge in [0.15, 0.2) is 0 Å². The zero-order valence-electron chi connectivity index (χ0n) is 11.7. The number of carbonyl (C=O) groups is 1. The normalized spacial score (nSPS) is 21.2. The van der Waals surface area contributed by atoms with Crippen LogP contribution in [0.25, 0.3) is 0 Å². The van der Waals surface area contributed by atoms with Crippen LogP contribution in [0.3, 0.4) is 0 Å². The highest BCUT2D eigenvalue weighted by atomic mass is 16.2. The number of piperidine rings is 1. The molecule has 1 aromatic rings. The molecule has 0 aromatic heterocycles. The molecule has 104 valence electrons. The molecule has 3 heteroatoms. The van der Waals surface area contributed by atoms with Gasteiger partial charge in [-0.2, -0.15) is 0 Å². The summed E-state index contributed by atoms with van der Waals surface area (Å²) in [6, 6.07) is 9.60. The van der Waals surface area contributed by atoms with Gasteiger partial charge in [-0.1, -0.05) is 43.7 Å². The van der Waals surface area contributed by atoms with Gasteiger partial charge in [0.05, 0.1) is 6.04 Å². The summed E-state index contributed by atoms with van der Waals surface area (Å²) in [6.45, 7) is 3.96. The van der Waals surface area contributed by atoms with E-state index < -0.39 is 6.04 Å². The Morgan fingerprint density at radius 2 is 2.16 bits per heavy atom. The lowest BCUT2D eigenvalue weighted by molar-refractivity contribution is -0.134. The molecule has 1 fully saturated rings. The van der Waals surface area contributed by atoms with Gasteiger partial charge in [-0.25, -0.2) is 0 Å². The van der Waals surface area contributed by atoms with Crippen molar-refractivity contribution in [1.82, 2.24) is 4.90 Å². The van der Waals surface area contributed by atoms with E-state index in [1.165, 1.54) is 6.42 Å². The molecule has 0 aliphatic carbocycles. The molecule has 0 bridgehead atoms. The lowest BCUT2D eigenvalue weighted by Gasteiger charge is -2.34. The summed E-state index contributed by atoms with van der Waals surface area (Å²) < 4.78 is 0. The van der Waals surface area contributed by atoms with E-state index in [0.29, 0.717) is 12.3 Å². The number of nitrogens with zero attached hydrogens (tertiary/aromatic N) is 1. The average molecular weight is 260 g/mol. The molecule has 3 nitrogen and oxygen atoms in total. The summed E-state index contributed by atoms with van der Waals surface area (Å²) in [5.41, 5.74) is 7.21. The summed E-state index contributed by atoms with van der Waals surface area (Å²) in [6.07, 6.45) is 4.14. The highest BCUT2D eigenvalue weighted by Gasteiger charge is 2.26. The SMILES string of the molecule is CCC1CCCN(C(=O)C(N)Cc2ccccc2)C1. The van der Waals surface area contributed by atoms with E-state index in [4.69, 9.17) is 5.73 Å². The molecule has 2 rings (SSSR count). The van der Waals surface area contributed by atoms with Gasteiger partial charge in [0.1, 0.15) is 0 Å². The molecule has 2 atom stereocenters. The zero-order chi connectivity index (χ0) is 13.7. The number of rotatable bonds is 4. The zero-order valence-corrected chi connectivity index (χ0v) is 11.7. The first-order valence-electron chi connectivity index (χ1n) is 7.29. The van der Waals surface area contributed by atoms with Crippen molar-refractivity contribution in [1.29, 1.82) is 0 Å². The Labute approximate surface area is 115 Å². The standard InChI is InChI=1S/C16H24N2O/c1-2-13-9-6-10-18(12-13)16(19)15(17)11-14-7-4-3-5-8-14/h3-5,7-8,13,15H,2,6,9-12,17H2,1H3. The molecule has 0 spiro atoms. The highest BCUT2D eigenvalue weighted by Crippen LogP contribution is 2.19. The van der Waals surface area contributed by atoms with Gasteiger partial charge in [0.2, 0.25) is 5.91 Å². The van der Waals surface area contributed by atoms with Gasteiger partial charge >= 0.3 is 0 Å². The third-order valence-electron chi connectivity index (χ3n) is 4.02. The van der Waals surface area contributed by atoms with Crippen LogP contribution < -0.4 is 5.73 Å². The van der Waals surface area contributed by atoms with E-state index in [-0.39, 0.29) is 5.91 Å². The van der Waals surface area contributed by atoms with Crippen LogP contribution in [-0.2, 0) is 11.2 Å². The molecule has 1 aromatic carbocycles. The Morgan fingerprint density at radius 3 is 2.84 bits per heavy atom. The number of nitrogens with two attached hydrogens (primary N) is 1. The molecular formula is C16H24N2O. The van der Waals surface area contributed by atoms with E-state index in [9.17, 15) is 4.79 Å². The van der Waals surface area contributed by atoms with Crippen molar-refractivity contribution in [2.24, 2.45) is 11.7 Å². The number of hydrogen-bond acceptors (Lipinski definition) is 2. The van der Waals surface area contributed by atoms with Crippen molar-refractivity contribution < 1.29 is 4.79 Å². The van der Waals surface area contributed by atoms with Crippen LogP contribution in [0.15, 0.2) is 30.3 Å². The predicted molar refractivity (Wildman–Crippen MR) is 77.7 cm³/mol. The van der Waals surface area contributed by atoms with Crippen LogP contribution in [0.2, 0.25) is 0 Å². The maximum Gasteiger partial charge on any atom is 0.239 e. The molecule has 2 unspecified atom stereocenters. The van der Waals surface area contributed by atoms with E-state index in [0.717, 1.165) is 31.5 Å². The molecule has 0 saturated carbocycles. The minimum Gasteiger partial charge on any atom is -0.341 e. The summed E-state index contributed by atoms with van der Waals surface area (Å²) in [5, 5.41) is 0. The molecular weight excluding hydrogens is 236 g/mol. The number of hydrogen-bond donors (Lipinski definition) is 1. The Kier molecular flexibility index (Phi) is 4.97. The molecule has 1 aliphatic rings. The maximum atomic E-state index is 12.4. The molecule has 1 heterocycles. The summed E-state index contributed by atoms with van der Waals surface area (Å²) in [7, 11) is 0. The van der Waals surface area contributed by atoms with Crippen molar-refractivity contribution in [2.75, 3.05) is 13.1 Å². The fourth-order valence-corrected chi connectivity index (χ4v) is 2.79. The van der Waals surface area contributed by atoms with Gasteiger partial charge in [-0.05, 0) is 30.7 Å². The summed E-state index contributed by atoms with van der Waals surface area (Å²) in [4.78, 5) is 14.3. The van der Waals surface area contributed by atoms with Crippen LogP contribution in [0.4, 0.5) is 0 Å². The number of amides is 1. The van der Waals surface area contributed by atoms with E-state index >= 15 is 0 Å². The van der Waals surface area contributed by atoms with Crippen LogP contribution in [-0.4, -0.2) is 29.9 Å². The largest absolute Gasteiger partial charge is 0.341 e. The van der Waals surface area contributed by atoms with Gasteiger partial charge in [-0.15, -0.1) is 0 Å². The second kappa shape index (κ2) is 6.71. The van der Waals surface area contributed by atoms with Crippen molar-refractivity contribution in [3.63, 3.8) is 0 Å².